The van der Waals surface area contributed by atoms with E-state index >= 15 is 0 Å². The second kappa shape index (κ2) is 8.86. The summed E-state index contributed by atoms with van der Waals surface area (Å²) in [5, 5.41) is 12.8. The lowest BCUT2D eigenvalue weighted by Crippen LogP contribution is -2.52. The minimum absolute atomic E-state index is 0.0429. The molecule has 5 rings (SSSR count). The van der Waals surface area contributed by atoms with Crippen LogP contribution in [0.5, 0.6) is 11.5 Å². The highest BCUT2D eigenvalue weighted by molar-refractivity contribution is 6.00. The average molecular weight is 457 g/mol. The number of ether oxygens (including phenoxy) is 1. The summed E-state index contributed by atoms with van der Waals surface area (Å²) in [5.74, 6) is -0.297. The number of benzene rings is 2. The van der Waals surface area contributed by atoms with E-state index in [2.05, 4.69) is 18.9 Å². The summed E-state index contributed by atoms with van der Waals surface area (Å²) in [6.45, 7) is 4.99. The molecule has 0 radical (unpaired) electrons. The first kappa shape index (κ1) is 22.0. The number of hydrogen-bond acceptors (Lipinski definition) is 5. The lowest BCUT2D eigenvalue weighted by Gasteiger charge is -2.44. The molecule has 2 bridgehead atoms. The van der Waals surface area contributed by atoms with E-state index in [9.17, 15) is 14.7 Å². The van der Waals surface area contributed by atoms with Gasteiger partial charge in [-0.3, -0.25) is 19.3 Å². The van der Waals surface area contributed by atoms with Gasteiger partial charge >= 0.3 is 0 Å². The van der Waals surface area contributed by atoms with Crippen LogP contribution in [-0.4, -0.2) is 28.7 Å². The molecule has 174 valence electrons. The molecule has 2 aliphatic rings. The lowest BCUT2D eigenvalue weighted by atomic mass is 9.78. The molecule has 2 aromatic carbocycles. The molecule has 0 amide bonds. The second-order valence-corrected chi connectivity index (χ2v) is 9.23. The lowest BCUT2D eigenvalue weighted by molar-refractivity contribution is 0.0822. The van der Waals surface area contributed by atoms with Crippen LogP contribution in [0.25, 0.3) is 0 Å². The van der Waals surface area contributed by atoms with Crippen molar-refractivity contribution in [3.05, 3.63) is 106 Å². The van der Waals surface area contributed by atoms with Crippen LogP contribution in [0.4, 0.5) is 0 Å². The maximum absolute atomic E-state index is 13.7. The third-order valence-electron chi connectivity index (χ3n) is 6.84. The number of rotatable bonds is 2. The van der Waals surface area contributed by atoms with E-state index in [0.717, 1.165) is 16.9 Å². The van der Waals surface area contributed by atoms with E-state index in [1.807, 2.05) is 66.7 Å². The summed E-state index contributed by atoms with van der Waals surface area (Å²) in [4.78, 5) is 26.1. The Morgan fingerprint density at radius 2 is 1.74 bits per heavy atom. The monoisotopic (exact) mass is 456 g/mol. The molecule has 0 aliphatic carbocycles. The molecule has 0 spiro atoms. The van der Waals surface area contributed by atoms with Crippen molar-refractivity contribution in [3.8, 4) is 11.5 Å². The Kier molecular flexibility index (Phi) is 5.74. The van der Waals surface area contributed by atoms with Crippen molar-refractivity contribution >= 4 is 5.78 Å². The first-order valence-corrected chi connectivity index (χ1v) is 11.7. The van der Waals surface area contributed by atoms with Gasteiger partial charge in [0.25, 0.3) is 0 Å². The fourth-order valence-corrected chi connectivity index (χ4v) is 5.19. The van der Waals surface area contributed by atoms with Crippen LogP contribution in [0.15, 0.2) is 83.8 Å². The zero-order valence-electron chi connectivity index (χ0n) is 19.3. The molecule has 34 heavy (non-hydrogen) atoms. The molecule has 3 atom stereocenters. The summed E-state index contributed by atoms with van der Waals surface area (Å²) in [5.41, 5.74) is 1.45. The molecule has 0 saturated carbocycles. The number of Topliss-reactive ketones (excluding diaryl/α,β-unsaturated/α-hetero) is 1. The summed E-state index contributed by atoms with van der Waals surface area (Å²) in [6.07, 6.45) is 5.60. The van der Waals surface area contributed by atoms with Gasteiger partial charge in [-0.05, 0) is 23.5 Å². The summed E-state index contributed by atoms with van der Waals surface area (Å²) < 4.78 is 7.85. The highest BCUT2D eigenvalue weighted by Gasteiger charge is 2.42. The van der Waals surface area contributed by atoms with Crippen LogP contribution in [0.3, 0.4) is 0 Å². The number of carbonyl (C=O) groups excluding carboxylic acids is 1. The third kappa shape index (κ3) is 3.69. The van der Waals surface area contributed by atoms with Crippen molar-refractivity contribution in [3.63, 3.8) is 0 Å². The molecule has 0 fully saturated rings. The van der Waals surface area contributed by atoms with E-state index in [4.69, 9.17) is 4.74 Å². The molecule has 2 aliphatic heterocycles. The summed E-state index contributed by atoms with van der Waals surface area (Å²) >= 11 is 0. The highest BCUT2D eigenvalue weighted by Crippen LogP contribution is 2.40. The molecular formula is C28H28N2O4. The Bertz CT molecular complexity index is 1300. The van der Waals surface area contributed by atoms with Gasteiger partial charge in [-0.1, -0.05) is 74.5 Å². The fourth-order valence-electron chi connectivity index (χ4n) is 5.19. The maximum atomic E-state index is 13.7. The van der Waals surface area contributed by atoms with Crippen LogP contribution in [0.2, 0.25) is 0 Å². The van der Waals surface area contributed by atoms with Crippen molar-refractivity contribution in [2.24, 2.45) is 17.8 Å². The molecule has 6 nitrogen and oxygen atoms in total. The first-order chi connectivity index (χ1) is 16.5. The smallest absolute Gasteiger partial charge is 0.224 e. The third-order valence-corrected chi connectivity index (χ3v) is 6.84. The van der Waals surface area contributed by atoms with Gasteiger partial charge < -0.3 is 9.84 Å². The minimum Gasteiger partial charge on any atom is -0.503 e. The molecule has 1 N–H and O–H groups in total. The average Bonchev–Trinajstić information content (AvgIpc) is 2.86. The predicted molar refractivity (Wildman–Crippen MR) is 131 cm³/mol. The normalized spacial score (nSPS) is 22.9. The molecule has 3 heterocycles. The van der Waals surface area contributed by atoms with Crippen molar-refractivity contribution in [1.82, 2.24) is 4.68 Å². The van der Waals surface area contributed by atoms with E-state index < -0.39 is 17.1 Å². The number of aromatic nitrogens is 1. The molecule has 0 saturated heterocycles. The van der Waals surface area contributed by atoms with Gasteiger partial charge in [-0.15, -0.1) is 0 Å². The fraction of sp³-hybridized carbons (Fsp3) is 0.286. The summed E-state index contributed by atoms with van der Waals surface area (Å²) in [7, 11) is 0. The van der Waals surface area contributed by atoms with Crippen molar-refractivity contribution in [1.29, 1.82) is 0 Å². The number of hydrogen-bond donors (Lipinski definition) is 1. The number of carbonyl (C=O) groups is 1. The van der Waals surface area contributed by atoms with Crippen molar-refractivity contribution < 1.29 is 14.6 Å². The number of para-hydroxylation sites is 1. The van der Waals surface area contributed by atoms with Gasteiger partial charge in [-0.25, -0.2) is 0 Å². The SMILES string of the molecule is CC(C)[C@@H]1/C=C/COc2ccccc2[C@@H](c2ccccc2)N2CC1C(=O)c1c(O)c(=O)ccn12. The second-order valence-electron chi connectivity index (χ2n) is 9.23. The standard InChI is InChI=1S/C28H28N2O4/c1-18(2)20-12-8-16-34-24-13-7-6-11-21(24)25(19-9-4-3-5-10-19)30-17-22(20)27(32)26-28(33)23(31)14-15-29(26)30/h3-15,18,20,22,25,33H,16-17H2,1-2H3/b12-8+/t20-,22?,25+/m0/s1. The zero-order chi connectivity index (χ0) is 23.8. The van der Waals surface area contributed by atoms with Gasteiger partial charge in [0.05, 0.1) is 6.04 Å². The van der Waals surface area contributed by atoms with Gasteiger partial charge in [0.1, 0.15) is 12.4 Å². The Balaban J connectivity index is 1.82. The number of ketones is 1. The van der Waals surface area contributed by atoms with E-state index in [1.54, 1.807) is 10.9 Å². The van der Waals surface area contributed by atoms with Crippen molar-refractivity contribution in [2.75, 3.05) is 18.2 Å². The molecular weight excluding hydrogens is 428 g/mol. The van der Waals surface area contributed by atoms with Crippen LogP contribution >= 0.6 is 0 Å². The first-order valence-electron chi connectivity index (χ1n) is 11.7. The van der Waals surface area contributed by atoms with Crippen LogP contribution in [-0.2, 0) is 0 Å². The molecule has 1 aromatic heterocycles. The zero-order valence-corrected chi connectivity index (χ0v) is 19.3. The molecule has 1 unspecified atom stereocenters. The highest BCUT2D eigenvalue weighted by atomic mass is 16.5. The Labute approximate surface area is 198 Å². The maximum Gasteiger partial charge on any atom is 0.224 e. The molecule has 6 heteroatoms. The van der Waals surface area contributed by atoms with Crippen LogP contribution < -0.4 is 15.2 Å². The van der Waals surface area contributed by atoms with Gasteiger partial charge in [-0.2, -0.15) is 0 Å². The Hall–Kier alpha value is -3.80. The van der Waals surface area contributed by atoms with Gasteiger partial charge in [0.15, 0.2) is 17.2 Å². The quantitative estimate of drug-likeness (QED) is 0.582. The molecule has 3 aromatic rings. The van der Waals surface area contributed by atoms with Crippen molar-refractivity contribution in [2.45, 2.75) is 19.9 Å². The van der Waals surface area contributed by atoms with Gasteiger partial charge in [0.2, 0.25) is 5.43 Å². The topological polar surface area (TPSA) is 71.8 Å². The number of aromatic hydroxyl groups is 1. The van der Waals surface area contributed by atoms with E-state index in [-0.39, 0.29) is 29.4 Å². The minimum atomic E-state index is -0.554. The number of fused-ring (bicyclic) bond motifs is 5. The van der Waals surface area contributed by atoms with Crippen LogP contribution in [0, 0.1) is 17.8 Å². The van der Waals surface area contributed by atoms with E-state index in [0.29, 0.717) is 13.2 Å². The van der Waals surface area contributed by atoms with E-state index in [1.165, 1.54) is 6.07 Å². The summed E-state index contributed by atoms with van der Waals surface area (Å²) in [6, 6.07) is 18.9. The largest absolute Gasteiger partial charge is 0.503 e. The number of nitrogens with zero attached hydrogens (tertiary/aromatic N) is 2. The van der Waals surface area contributed by atoms with Crippen LogP contribution in [0.1, 0.15) is 41.5 Å². The Morgan fingerprint density at radius 3 is 2.50 bits per heavy atom. The number of allylic oxidation sites excluding steroid dienone is 1. The predicted octanol–water partition coefficient (Wildman–Crippen LogP) is 4.31. The Morgan fingerprint density at radius 1 is 1.00 bits per heavy atom. The number of pyridine rings is 1. The van der Waals surface area contributed by atoms with Gasteiger partial charge in [0, 0.05) is 30.3 Å².